The van der Waals surface area contributed by atoms with Crippen LogP contribution in [0.1, 0.15) is 12.8 Å². The van der Waals surface area contributed by atoms with Gasteiger partial charge in [-0.05, 0) is 32.4 Å². The first-order valence-corrected chi connectivity index (χ1v) is 4.29. The molecule has 0 saturated carbocycles. The van der Waals surface area contributed by atoms with Gasteiger partial charge in [-0.1, -0.05) is 12.2 Å². The fraction of sp³-hybridized carbons (Fsp3) is 0.778. The van der Waals surface area contributed by atoms with Gasteiger partial charge in [0.1, 0.15) is 0 Å². The summed E-state index contributed by atoms with van der Waals surface area (Å²) in [7, 11) is 2.15. The third-order valence-electron chi connectivity index (χ3n) is 2.17. The molecule has 0 bridgehead atoms. The van der Waals surface area contributed by atoms with E-state index in [1.807, 2.05) is 6.08 Å². The first-order valence-electron chi connectivity index (χ1n) is 4.29. The Kier molecular flexibility index (Phi) is 3.60. The zero-order chi connectivity index (χ0) is 8.10. The van der Waals surface area contributed by atoms with Crippen LogP contribution in [0.5, 0.6) is 0 Å². The first-order chi connectivity index (χ1) is 5.33. The molecular formula is C9H17NO. The summed E-state index contributed by atoms with van der Waals surface area (Å²) >= 11 is 0. The van der Waals surface area contributed by atoms with Gasteiger partial charge in [0.15, 0.2) is 0 Å². The minimum Gasteiger partial charge on any atom is -0.392 e. The van der Waals surface area contributed by atoms with E-state index in [0.717, 1.165) is 6.54 Å². The van der Waals surface area contributed by atoms with Crippen LogP contribution in [-0.4, -0.2) is 36.8 Å². The predicted molar refractivity (Wildman–Crippen MR) is 46.4 cm³/mol. The maximum atomic E-state index is 8.56. The molecule has 2 heteroatoms. The maximum Gasteiger partial charge on any atom is 0.0612 e. The van der Waals surface area contributed by atoms with Crippen LogP contribution in [0.3, 0.4) is 0 Å². The van der Waals surface area contributed by atoms with Crippen molar-refractivity contribution in [3.05, 3.63) is 12.2 Å². The minimum absolute atomic E-state index is 0.181. The quantitative estimate of drug-likeness (QED) is 0.598. The maximum absolute atomic E-state index is 8.56. The Balaban J connectivity index is 2.28. The SMILES string of the molecule is CN1CCCC(/C=C/CO)C1. The summed E-state index contributed by atoms with van der Waals surface area (Å²) in [5, 5.41) is 8.56. The number of aliphatic hydroxyl groups is 1. The van der Waals surface area contributed by atoms with Crippen molar-refractivity contribution in [2.75, 3.05) is 26.7 Å². The lowest BCUT2D eigenvalue weighted by Crippen LogP contribution is -2.31. The largest absolute Gasteiger partial charge is 0.392 e. The molecule has 1 saturated heterocycles. The average molecular weight is 155 g/mol. The summed E-state index contributed by atoms with van der Waals surface area (Å²) in [6.45, 7) is 2.56. The van der Waals surface area contributed by atoms with Crippen molar-refractivity contribution in [2.24, 2.45) is 5.92 Å². The van der Waals surface area contributed by atoms with Gasteiger partial charge in [0.2, 0.25) is 0 Å². The van der Waals surface area contributed by atoms with E-state index in [9.17, 15) is 0 Å². The van der Waals surface area contributed by atoms with Gasteiger partial charge in [0, 0.05) is 6.54 Å². The molecule has 64 valence electrons. The lowest BCUT2D eigenvalue weighted by atomic mass is 9.98. The second-order valence-electron chi connectivity index (χ2n) is 3.28. The summed E-state index contributed by atoms with van der Waals surface area (Å²) < 4.78 is 0. The number of likely N-dealkylation sites (tertiary alicyclic amines) is 1. The minimum atomic E-state index is 0.181. The van der Waals surface area contributed by atoms with Crippen LogP contribution < -0.4 is 0 Å². The third kappa shape index (κ3) is 3.04. The standard InChI is InChI=1S/C9H17NO/c1-10-6-2-4-9(8-10)5-3-7-11/h3,5,9,11H,2,4,6-8H2,1H3/b5-3+. The summed E-state index contributed by atoms with van der Waals surface area (Å²) in [6.07, 6.45) is 6.55. The van der Waals surface area contributed by atoms with E-state index in [-0.39, 0.29) is 6.61 Å². The molecular weight excluding hydrogens is 138 g/mol. The molecule has 0 amide bonds. The normalized spacial score (nSPS) is 28.0. The zero-order valence-corrected chi connectivity index (χ0v) is 7.16. The second-order valence-corrected chi connectivity index (χ2v) is 3.28. The van der Waals surface area contributed by atoms with E-state index in [1.54, 1.807) is 0 Å². The topological polar surface area (TPSA) is 23.5 Å². The van der Waals surface area contributed by atoms with Gasteiger partial charge in [-0.15, -0.1) is 0 Å². The fourth-order valence-electron chi connectivity index (χ4n) is 1.62. The molecule has 1 aliphatic rings. The number of hydrogen-bond acceptors (Lipinski definition) is 2. The number of piperidine rings is 1. The Morgan fingerprint density at radius 3 is 3.09 bits per heavy atom. The molecule has 2 nitrogen and oxygen atoms in total. The van der Waals surface area contributed by atoms with Crippen LogP contribution in [0.4, 0.5) is 0 Å². The number of hydrogen-bond donors (Lipinski definition) is 1. The van der Waals surface area contributed by atoms with Gasteiger partial charge in [0.25, 0.3) is 0 Å². The lowest BCUT2D eigenvalue weighted by Gasteiger charge is -2.27. The van der Waals surface area contributed by atoms with Crippen LogP contribution >= 0.6 is 0 Å². The summed E-state index contributed by atoms with van der Waals surface area (Å²) in [5.74, 6) is 0.667. The van der Waals surface area contributed by atoms with Crippen molar-refractivity contribution in [2.45, 2.75) is 12.8 Å². The molecule has 11 heavy (non-hydrogen) atoms. The number of aliphatic hydroxyl groups excluding tert-OH is 1. The predicted octanol–water partition coefficient (Wildman–Crippen LogP) is 0.877. The van der Waals surface area contributed by atoms with E-state index < -0.39 is 0 Å². The van der Waals surface area contributed by atoms with Gasteiger partial charge in [-0.2, -0.15) is 0 Å². The van der Waals surface area contributed by atoms with Gasteiger partial charge in [0.05, 0.1) is 6.61 Å². The Labute approximate surface area is 68.5 Å². The highest BCUT2D eigenvalue weighted by molar-refractivity contribution is 4.91. The highest BCUT2D eigenvalue weighted by atomic mass is 16.2. The molecule has 1 rings (SSSR count). The molecule has 1 atom stereocenters. The molecule has 0 radical (unpaired) electrons. The van der Waals surface area contributed by atoms with Crippen LogP contribution in [0.2, 0.25) is 0 Å². The lowest BCUT2D eigenvalue weighted by molar-refractivity contribution is 0.236. The number of nitrogens with zero attached hydrogens (tertiary/aromatic N) is 1. The molecule has 1 unspecified atom stereocenters. The van der Waals surface area contributed by atoms with Crippen molar-refractivity contribution in [3.63, 3.8) is 0 Å². The summed E-state index contributed by atoms with van der Waals surface area (Å²) in [6, 6.07) is 0. The van der Waals surface area contributed by atoms with Crippen molar-refractivity contribution in [3.8, 4) is 0 Å². The second kappa shape index (κ2) is 4.52. The molecule has 0 aromatic heterocycles. The average Bonchev–Trinajstić information content (AvgIpc) is 2.01. The Morgan fingerprint density at radius 1 is 1.64 bits per heavy atom. The molecule has 0 aliphatic carbocycles. The molecule has 1 N–H and O–H groups in total. The highest BCUT2D eigenvalue weighted by Gasteiger charge is 2.13. The molecule has 1 aliphatic heterocycles. The molecule has 1 fully saturated rings. The monoisotopic (exact) mass is 155 g/mol. The van der Waals surface area contributed by atoms with E-state index in [4.69, 9.17) is 5.11 Å². The van der Waals surface area contributed by atoms with E-state index in [2.05, 4.69) is 18.0 Å². The first kappa shape index (κ1) is 8.75. The van der Waals surface area contributed by atoms with E-state index in [0.29, 0.717) is 5.92 Å². The molecule has 1 heterocycles. The number of rotatable bonds is 2. The van der Waals surface area contributed by atoms with Crippen molar-refractivity contribution in [1.82, 2.24) is 4.90 Å². The van der Waals surface area contributed by atoms with Crippen LogP contribution in [0.25, 0.3) is 0 Å². The van der Waals surface area contributed by atoms with Crippen molar-refractivity contribution < 1.29 is 5.11 Å². The molecule has 0 spiro atoms. The van der Waals surface area contributed by atoms with Gasteiger partial charge in [-0.25, -0.2) is 0 Å². The van der Waals surface area contributed by atoms with Gasteiger partial charge in [-0.3, -0.25) is 0 Å². The Hall–Kier alpha value is -0.340. The van der Waals surface area contributed by atoms with Gasteiger partial charge >= 0.3 is 0 Å². The Morgan fingerprint density at radius 2 is 2.45 bits per heavy atom. The van der Waals surface area contributed by atoms with Crippen LogP contribution in [-0.2, 0) is 0 Å². The summed E-state index contributed by atoms with van der Waals surface area (Å²) in [5.41, 5.74) is 0. The molecule has 0 aromatic rings. The van der Waals surface area contributed by atoms with Gasteiger partial charge < -0.3 is 10.0 Å². The highest BCUT2D eigenvalue weighted by Crippen LogP contribution is 2.15. The van der Waals surface area contributed by atoms with E-state index in [1.165, 1.54) is 19.4 Å². The van der Waals surface area contributed by atoms with Crippen LogP contribution in [0, 0.1) is 5.92 Å². The van der Waals surface area contributed by atoms with E-state index >= 15 is 0 Å². The fourth-order valence-corrected chi connectivity index (χ4v) is 1.62. The smallest absolute Gasteiger partial charge is 0.0612 e. The zero-order valence-electron chi connectivity index (χ0n) is 7.16. The summed E-state index contributed by atoms with van der Waals surface area (Å²) in [4.78, 5) is 2.34. The van der Waals surface area contributed by atoms with Crippen molar-refractivity contribution >= 4 is 0 Å². The Bertz CT molecular complexity index is 134. The van der Waals surface area contributed by atoms with Crippen molar-refractivity contribution in [1.29, 1.82) is 0 Å². The molecule has 0 aromatic carbocycles. The van der Waals surface area contributed by atoms with Crippen LogP contribution in [0.15, 0.2) is 12.2 Å². The third-order valence-corrected chi connectivity index (χ3v) is 2.17.